The van der Waals surface area contributed by atoms with E-state index < -0.39 is 25.8 Å². The molecule has 0 aliphatic rings. The molecule has 150 valence electrons. The number of hydrogen-bond donors (Lipinski definition) is 4. The van der Waals surface area contributed by atoms with E-state index in [2.05, 4.69) is 5.32 Å². The van der Waals surface area contributed by atoms with Crippen LogP contribution in [0.25, 0.3) is 0 Å². The summed E-state index contributed by atoms with van der Waals surface area (Å²) in [5.74, 6) is -2.06. The zero-order valence-electron chi connectivity index (χ0n) is 16.0. The van der Waals surface area contributed by atoms with Crippen molar-refractivity contribution in [3.05, 3.63) is 63.7 Å². The van der Waals surface area contributed by atoms with Gasteiger partial charge in [-0.2, -0.15) is 0 Å². The molecule has 2 aromatic rings. The van der Waals surface area contributed by atoms with E-state index in [0.29, 0.717) is 6.42 Å². The molecule has 8 heteroatoms. The van der Waals surface area contributed by atoms with Crippen LogP contribution in [0.3, 0.4) is 0 Å². The molecule has 0 bridgehead atoms. The van der Waals surface area contributed by atoms with Gasteiger partial charge in [-0.3, -0.25) is 14.2 Å². The number of aliphatic carboxylic acids is 1. The SMILES string of the molecule is Cc1cc(CP(C)(=O)O)cc(C)c1Cc1ccc(O)c(C(=O)NCC(=O)O)c1. The third kappa shape index (κ3) is 5.94. The molecule has 28 heavy (non-hydrogen) atoms. The minimum atomic E-state index is -3.16. The molecule has 0 saturated heterocycles. The molecule has 1 atom stereocenters. The number of benzene rings is 2. The number of carboxylic acids is 1. The van der Waals surface area contributed by atoms with Crippen LogP contribution in [-0.2, 0) is 21.9 Å². The van der Waals surface area contributed by atoms with Gasteiger partial charge in [0, 0.05) is 12.8 Å². The summed E-state index contributed by atoms with van der Waals surface area (Å²) in [4.78, 5) is 32.3. The van der Waals surface area contributed by atoms with E-state index in [0.717, 1.165) is 27.8 Å². The predicted octanol–water partition coefficient (Wildman–Crippen LogP) is 2.81. The maximum Gasteiger partial charge on any atom is 0.322 e. The fraction of sp³-hybridized carbons (Fsp3) is 0.300. The first-order chi connectivity index (χ1) is 13.0. The fourth-order valence-electron chi connectivity index (χ4n) is 3.12. The van der Waals surface area contributed by atoms with Crippen molar-refractivity contribution in [2.24, 2.45) is 0 Å². The number of phenols is 1. The van der Waals surface area contributed by atoms with Gasteiger partial charge < -0.3 is 20.4 Å². The van der Waals surface area contributed by atoms with Gasteiger partial charge >= 0.3 is 5.97 Å². The minimum absolute atomic E-state index is 0.0119. The molecule has 0 fully saturated rings. The highest BCUT2D eigenvalue weighted by Gasteiger charge is 2.16. The summed E-state index contributed by atoms with van der Waals surface area (Å²) in [7, 11) is -3.16. The van der Waals surface area contributed by atoms with Crippen LogP contribution in [-0.4, -0.2) is 40.2 Å². The number of carbonyl (C=O) groups excluding carboxylic acids is 1. The lowest BCUT2D eigenvalue weighted by atomic mass is 9.93. The van der Waals surface area contributed by atoms with E-state index in [1.165, 1.54) is 18.8 Å². The second-order valence-corrected chi connectivity index (χ2v) is 9.44. The van der Waals surface area contributed by atoms with Gasteiger partial charge in [0.25, 0.3) is 5.91 Å². The number of carboxylic acid groups (broad SMARTS) is 1. The zero-order valence-corrected chi connectivity index (χ0v) is 16.9. The maximum absolute atomic E-state index is 12.1. The smallest absolute Gasteiger partial charge is 0.322 e. The van der Waals surface area contributed by atoms with Gasteiger partial charge in [-0.05, 0) is 60.2 Å². The van der Waals surface area contributed by atoms with Crippen molar-refractivity contribution in [1.29, 1.82) is 0 Å². The van der Waals surface area contributed by atoms with Gasteiger partial charge in [-0.1, -0.05) is 18.2 Å². The van der Waals surface area contributed by atoms with E-state index in [1.54, 1.807) is 6.07 Å². The Bertz CT molecular complexity index is 940. The normalized spacial score (nSPS) is 13.0. The molecule has 0 aliphatic heterocycles. The van der Waals surface area contributed by atoms with Gasteiger partial charge in [-0.25, -0.2) is 0 Å². The van der Waals surface area contributed by atoms with Crippen molar-refractivity contribution < 1.29 is 29.3 Å². The molecule has 1 unspecified atom stereocenters. The highest BCUT2D eigenvalue weighted by molar-refractivity contribution is 7.56. The Morgan fingerprint density at radius 3 is 2.21 bits per heavy atom. The van der Waals surface area contributed by atoms with Crippen LogP contribution in [0.15, 0.2) is 30.3 Å². The second-order valence-electron chi connectivity index (χ2n) is 7.02. The van der Waals surface area contributed by atoms with E-state index in [9.17, 15) is 24.2 Å². The molecule has 0 heterocycles. The van der Waals surface area contributed by atoms with E-state index >= 15 is 0 Å². The van der Waals surface area contributed by atoms with Crippen LogP contribution >= 0.6 is 7.37 Å². The number of amides is 1. The summed E-state index contributed by atoms with van der Waals surface area (Å²) < 4.78 is 11.7. The molecule has 1 amide bonds. The Labute approximate surface area is 163 Å². The monoisotopic (exact) mass is 405 g/mol. The molecular formula is C20H24NO6P. The van der Waals surface area contributed by atoms with Crippen LogP contribution in [0.5, 0.6) is 5.75 Å². The highest BCUT2D eigenvalue weighted by Crippen LogP contribution is 2.40. The van der Waals surface area contributed by atoms with Gasteiger partial charge in [0.15, 0.2) is 0 Å². The lowest BCUT2D eigenvalue weighted by Crippen LogP contribution is -2.29. The Kier molecular flexibility index (Phi) is 6.65. The van der Waals surface area contributed by atoms with E-state index in [-0.39, 0.29) is 17.5 Å². The number of phenolic OH excluding ortho intramolecular Hbond substituents is 1. The topological polar surface area (TPSA) is 124 Å². The lowest BCUT2D eigenvalue weighted by Gasteiger charge is -2.15. The Balaban J connectivity index is 2.28. The molecule has 0 aliphatic carbocycles. The van der Waals surface area contributed by atoms with Gasteiger partial charge in [-0.15, -0.1) is 0 Å². The van der Waals surface area contributed by atoms with Gasteiger partial charge in [0.05, 0.1) is 5.56 Å². The first-order valence-electron chi connectivity index (χ1n) is 8.66. The van der Waals surface area contributed by atoms with Crippen LogP contribution < -0.4 is 5.32 Å². The number of aryl methyl sites for hydroxylation is 2. The highest BCUT2D eigenvalue weighted by atomic mass is 31.2. The number of carbonyl (C=O) groups is 2. The zero-order chi connectivity index (χ0) is 21.1. The Hall–Kier alpha value is -2.63. The predicted molar refractivity (Wildman–Crippen MR) is 106 cm³/mol. The first kappa shape index (κ1) is 21.7. The largest absolute Gasteiger partial charge is 0.507 e. The third-order valence-electron chi connectivity index (χ3n) is 4.32. The molecule has 2 aromatic carbocycles. The van der Waals surface area contributed by atoms with Crippen molar-refractivity contribution in [3.8, 4) is 5.75 Å². The Morgan fingerprint density at radius 1 is 1.07 bits per heavy atom. The Morgan fingerprint density at radius 2 is 1.68 bits per heavy atom. The number of rotatable bonds is 7. The van der Waals surface area contributed by atoms with Crippen molar-refractivity contribution in [2.75, 3.05) is 13.2 Å². The van der Waals surface area contributed by atoms with Crippen molar-refractivity contribution in [1.82, 2.24) is 5.32 Å². The van der Waals surface area contributed by atoms with Crippen molar-refractivity contribution >= 4 is 19.2 Å². The molecule has 7 nitrogen and oxygen atoms in total. The average Bonchev–Trinajstić information content (AvgIpc) is 2.55. The third-order valence-corrected chi connectivity index (χ3v) is 5.27. The summed E-state index contributed by atoms with van der Waals surface area (Å²) in [6, 6.07) is 8.41. The number of aromatic hydroxyl groups is 1. The molecule has 0 spiro atoms. The summed E-state index contributed by atoms with van der Waals surface area (Å²) in [5, 5.41) is 20.8. The molecule has 0 aromatic heterocycles. The lowest BCUT2D eigenvalue weighted by molar-refractivity contribution is -0.135. The minimum Gasteiger partial charge on any atom is -0.507 e. The summed E-state index contributed by atoms with van der Waals surface area (Å²) in [5.41, 5.74) is 4.54. The van der Waals surface area contributed by atoms with Crippen LogP contribution in [0.1, 0.15) is 38.2 Å². The molecule has 2 rings (SSSR count). The van der Waals surface area contributed by atoms with Crippen LogP contribution in [0.2, 0.25) is 0 Å². The summed E-state index contributed by atoms with van der Waals surface area (Å²) in [6.07, 6.45) is 0.614. The fourth-order valence-corrected chi connectivity index (χ4v) is 3.98. The maximum atomic E-state index is 12.1. The quantitative estimate of drug-likeness (QED) is 0.525. The van der Waals surface area contributed by atoms with Gasteiger partial charge in [0.1, 0.15) is 12.3 Å². The number of nitrogens with one attached hydrogen (secondary N) is 1. The summed E-state index contributed by atoms with van der Waals surface area (Å²) >= 11 is 0. The average molecular weight is 405 g/mol. The van der Waals surface area contributed by atoms with E-state index in [4.69, 9.17) is 5.11 Å². The molecular weight excluding hydrogens is 381 g/mol. The van der Waals surface area contributed by atoms with Crippen LogP contribution in [0.4, 0.5) is 0 Å². The standard InChI is InChI=1S/C20H24NO6P/c1-12-6-15(11-28(3,26)27)7-13(2)16(12)8-14-4-5-18(22)17(9-14)20(25)21-10-19(23)24/h4-7,9,22H,8,10-11H2,1-3H3,(H,21,25)(H,23,24)(H,26,27). The second kappa shape index (κ2) is 8.59. The molecule has 0 saturated carbocycles. The number of hydrogen-bond acceptors (Lipinski definition) is 4. The van der Waals surface area contributed by atoms with Gasteiger partial charge in [0.2, 0.25) is 7.37 Å². The van der Waals surface area contributed by atoms with E-state index in [1.807, 2.05) is 26.0 Å². The van der Waals surface area contributed by atoms with Crippen molar-refractivity contribution in [3.63, 3.8) is 0 Å². The molecule has 4 N–H and O–H groups in total. The summed E-state index contributed by atoms with van der Waals surface area (Å²) in [6.45, 7) is 4.64. The van der Waals surface area contributed by atoms with Crippen molar-refractivity contribution in [2.45, 2.75) is 26.4 Å². The first-order valence-corrected chi connectivity index (χ1v) is 11.0. The molecule has 0 radical (unpaired) electrons. The van der Waals surface area contributed by atoms with Crippen LogP contribution in [0, 0.1) is 13.8 Å².